The van der Waals surface area contributed by atoms with E-state index in [0.717, 1.165) is 38.2 Å². The molecule has 2 fully saturated rings. The molecular formula is C14H16Cl2N2O. The molecular weight excluding hydrogens is 283 g/mol. The minimum Gasteiger partial charge on any atom is -0.340 e. The first-order chi connectivity index (χ1) is 9.15. The minimum atomic E-state index is 0.118. The lowest BCUT2D eigenvalue weighted by Crippen LogP contribution is -2.47. The Hall–Kier alpha value is -0.770. The highest BCUT2D eigenvalue weighted by Gasteiger charge is 2.45. The Labute approximate surface area is 122 Å². The van der Waals surface area contributed by atoms with E-state index in [1.165, 1.54) is 0 Å². The summed E-state index contributed by atoms with van der Waals surface area (Å²) in [6.07, 6.45) is 0.916. The van der Waals surface area contributed by atoms with Gasteiger partial charge in [0, 0.05) is 42.1 Å². The summed E-state index contributed by atoms with van der Waals surface area (Å²) in [5.41, 5.74) is 1.09. The van der Waals surface area contributed by atoms with Gasteiger partial charge in [0.1, 0.15) is 0 Å². The topological polar surface area (TPSA) is 32.3 Å². The molecule has 0 radical (unpaired) electrons. The van der Waals surface area contributed by atoms with Crippen LogP contribution >= 0.6 is 23.2 Å². The second kappa shape index (κ2) is 5.31. The summed E-state index contributed by atoms with van der Waals surface area (Å²) in [7, 11) is 0. The standard InChI is InChI=1S/C14H16Cl2N2O/c15-10-5-9(6-11(16)7-10)12-8-13(12)14(19)18-3-1-17-2-4-18/h5-7,12-13,17H,1-4,8H2. The van der Waals surface area contributed by atoms with Crippen LogP contribution in [-0.2, 0) is 4.79 Å². The zero-order valence-corrected chi connectivity index (χ0v) is 12.0. The van der Waals surface area contributed by atoms with E-state index in [0.29, 0.717) is 16.0 Å². The summed E-state index contributed by atoms with van der Waals surface area (Å²) in [5.74, 6) is 0.689. The molecule has 1 aromatic rings. The monoisotopic (exact) mass is 298 g/mol. The van der Waals surface area contributed by atoms with Gasteiger partial charge >= 0.3 is 0 Å². The van der Waals surface area contributed by atoms with E-state index >= 15 is 0 Å². The molecule has 1 N–H and O–H groups in total. The van der Waals surface area contributed by atoms with Crippen molar-refractivity contribution in [2.75, 3.05) is 26.2 Å². The van der Waals surface area contributed by atoms with Crippen LogP contribution in [-0.4, -0.2) is 37.0 Å². The van der Waals surface area contributed by atoms with Gasteiger partial charge in [0.15, 0.2) is 0 Å². The Morgan fingerprint density at radius 2 is 1.79 bits per heavy atom. The molecule has 2 atom stereocenters. The van der Waals surface area contributed by atoms with Gasteiger partial charge in [-0.05, 0) is 36.1 Å². The maximum Gasteiger partial charge on any atom is 0.226 e. The van der Waals surface area contributed by atoms with Crippen molar-refractivity contribution >= 4 is 29.1 Å². The van der Waals surface area contributed by atoms with Crippen molar-refractivity contribution in [3.05, 3.63) is 33.8 Å². The van der Waals surface area contributed by atoms with Crippen LogP contribution in [0.3, 0.4) is 0 Å². The van der Waals surface area contributed by atoms with Gasteiger partial charge in [-0.25, -0.2) is 0 Å². The molecule has 0 bridgehead atoms. The molecule has 1 heterocycles. The first-order valence-corrected chi connectivity index (χ1v) is 7.36. The van der Waals surface area contributed by atoms with Gasteiger partial charge in [-0.15, -0.1) is 0 Å². The number of halogens is 2. The molecule has 1 aliphatic carbocycles. The van der Waals surface area contributed by atoms with Crippen LogP contribution in [0.4, 0.5) is 0 Å². The lowest BCUT2D eigenvalue weighted by atomic mass is 10.1. The Kier molecular flexibility index (Phi) is 3.70. The molecule has 1 amide bonds. The SMILES string of the molecule is O=C(C1CC1c1cc(Cl)cc(Cl)c1)N1CCNCC1. The summed E-state index contributed by atoms with van der Waals surface area (Å²) in [4.78, 5) is 14.3. The molecule has 3 nitrogen and oxygen atoms in total. The van der Waals surface area contributed by atoms with Crippen LogP contribution in [0.15, 0.2) is 18.2 Å². The number of carbonyl (C=O) groups excluding carboxylic acids is 1. The molecule has 19 heavy (non-hydrogen) atoms. The number of nitrogens with one attached hydrogen (secondary N) is 1. The lowest BCUT2D eigenvalue weighted by molar-refractivity contribution is -0.133. The quantitative estimate of drug-likeness (QED) is 0.910. The Morgan fingerprint density at radius 1 is 1.16 bits per heavy atom. The maximum absolute atomic E-state index is 12.3. The zero-order valence-electron chi connectivity index (χ0n) is 10.5. The summed E-state index contributed by atoms with van der Waals surface area (Å²) >= 11 is 12.0. The smallest absolute Gasteiger partial charge is 0.226 e. The van der Waals surface area contributed by atoms with Crippen molar-refractivity contribution in [3.63, 3.8) is 0 Å². The lowest BCUT2D eigenvalue weighted by Gasteiger charge is -2.27. The first kappa shape index (κ1) is 13.2. The summed E-state index contributed by atoms with van der Waals surface area (Å²) in [6.45, 7) is 3.43. The number of carbonyl (C=O) groups is 1. The van der Waals surface area contributed by atoms with Crippen LogP contribution in [0.5, 0.6) is 0 Å². The van der Waals surface area contributed by atoms with E-state index < -0.39 is 0 Å². The zero-order chi connectivity index (χ0) is 13.4. The number of hydrogen-bond donors (Lipinski definition) is 1. The summed E-state index contributed by atoms with van der Waals surface area (Å²) in [5, 5.41) is 4.54. The first-order valence-electron chi connectivity index (χ1n) is 6.60. The molecule has 5 heteroatoms. The van der Waals surface area contributed by atoms with Crippen molar-refractivity contribution in [3.8, 4) is 0 Å². The van der Waals surface area contributed by atoms with Gasteiger partial charge < -0.3 is 10.2 Å². The van der Waals surface area contributed by atoms with Gasteiger partial charge in [0.05, 0.1) is 0 Å². The van der Waals surface area contributed by atoms with Crippen LogP contribution in [0.25, 0.3) is 0 Å². The second-order valence-corrected chi connectivity index (χ2v) is 6.10. The summed E-state index contributed by atoms with van der Waals surface area (Å²) in [6, 6.07) is 5.56. The number of piperazine rings is 1. The van der Waals surface area contributed by atoms with Gasteiger partial charge in [0.2, 0.25) is 5.91 Å². The fraction of sp³-hybridized carbons (Fsp3) is 0.500. The van der Waals surface area contributed by atoms with E-state index in [9.17, 15) is 4.79 Å². The number of amides is 1. The third-order valence-electron chi connectivity index (χ3n) is 3.85. The molecule has 1 aromatic carbocycles. The van der Waals surface area contributed by atoms with Crippen molar-refractivity contribution in [1.29, 1.82) is 0 Å². The largest absolute Gasteiger partial charge is 0.340 e. The van der Waals surface area contributed by atoms with E-state index in [1.807, 2.05) is 17.0 Å². The molecule has 3 rings (SSSR count). The Morgan fingerprint density at radius 3 is 2.42 bits per heavy atom. The average molecular weight is 299 g/mol. The Bertz CT molecular complexity index is 480. The van der Waals surface area contributed by atoms with Crippen molar-refractivity contribution in [2.24, 2.45) is 5.92 Å². The molecule has 0 spiro atoms. The fourth-order valence-electron chi connectivity index (χ4n) is 2.75. The van der Waals surface area contributed by atoms with Gasteiger partial charge in [-0.1, -0.05) is 23.2 Å². The number of rotatable bonds is 2. The van der Waals surface area contributed by atoms with Crippen LogP contribution in [0.2, 0.25) is 10.0 Å². The third-order valence-corrected chi connectivity index (χ3v) is 4.29. The predicted molar refractivity (Wildman–Crippen MR) is 76.8 cm³/mol. The van der Waals surface area contributed by atoms with Crippen molar-refractivity contribution < 1.29 is 4.79 Å². The number of nitrogens with zero attached hydrogens (tertiary/aromatic N) is 1. The maximum atomic E-state index is 12.3. The second-order valence-electron chi connectivity index (χ2n) is 5.23. The van der Waals surface area contributed by atoms with Gasteiger partial charge in [-0.2, -0.15) is 0 Å². The van der Waals surface area contributed by atoms with Gasteiger partial charge in [-0.3, -0.25) is 4.79 Å². The molecule has 1 saturated carbocycles. The van der Waals surface area contributed by atoms with Crippen molar-refractivity contribution in [2.45, 2.75) is 12.3 Å². The molecule has 1 aliphatic heterocycles. The van der Waals surface area contributed by atoms with Crippen LogP contribution in [0.1, 0.15) is 17.9 Å². The van der Waals surface area contributed by atoms with Crippen LogP contribution in [0, 0.1) is 5.92 Å². The normalized spacial score (nSPS) is 26.3. The molecule has 0 aromatic heterocycles. The average Bonchev–Trinajstić information content (AvgIpc) is 3.18. The number of benzene rings is 1. The highest BCUT2D eigenvalue weighted by molar-refractivity contribution is 6.34. The molecule has 2 unspecified atom stereocenters. The summed E-state index contributed by atoms with van der Waals surface area (Å²) < 4.78 is 0. The Balaban J connectivity index is 1.68. The van der Waals surface area contributed by atoms with E-state index in [1.54, 1.807) is 6.07 Å². The van der Waals surface area contributed by atoms with Gasteiger partial charge in [0.25, 0.3) is 0 Å². The third kappa shape index (κ3) is 2.88. The predicted octanol–water partition coefficient (Wildman–Crippen LogP) is 2.53. The number of hydrogen-bond acceptors (Lipinski definition) is 2. The molecule has 1 saturated heterocycles. The molecule has 2 aliphatic rings. The fourth-order valence-corrected chi connectivity index (χ4v) is 3.29. The van der Waals surface area contributed by atoms with E-state index in [4.69, 9.17) is 23.2 Å². The van der Waals surface area contributed by atoms with E-state index in [2.05, 4.69) is 5.32 Å². The van der Waals surface area contributed by atoms with Crippen molar-refractivity contribution in [1.82, 2.24) is 10.2 Å². The van der Waals surface area contributed by atoms with Crippen LogP contribution < -0.4 is 5.32 Å². The van der Waals surface area contributed by atoms with E-state index in [-0.39, 0.29) is 11.8 Å². The molecule has 102 valence electrons. The highest BCUT2D eigenvalue weighted by atomic mass is 35.5. The minimum absolute atomic E-state index is 0.118. The highest BCUT2D eigenvalue weighted by Crippen LogP contribution is 2.49.